The predicted octanol–water partition coefficient (Wildman–Crippen LogP) is 2.56. The van der Waals surface area contributed by atoms with Crippen molar-refractivity contribution in [2.75, 3.05) is 13.1 Å². The number of rotatable bonds is 3. The lowest BCUT2D eigenvalue weighted by Crippen LogP contribution is -2.29. The molecule has 124 valence electrons. The molecule has 0 spiro atoms. The summed E-state index contributed by atoms with van der Waals surface area (Å²) in [4.78, 5) is 18.8. The second-order valence-corrected chi connectivity index (χ2v) is 5.87. The number of amides is 1. The SMILES string of the molecule is Cc1noc(C)c1C(=O)N1CCC(c2noc(-c3ccco3)n2)C1. The molecule has 4 heterocycles. The molecule has 4 rings (SSSR count). The van der Waals surface area contributed by atoms with Gasteiger partial charge in [-0.15, -0.1) is 0 Å². The molecule has 3 aromatic rings. The zero-order valence-electron chi connectivity index (χ0n) is 13.4. The zero-order chi connectivity index (χ0) is 16.7. The van der Waals surface area contributed by atoms with Gasteiger partial charge in [-0.2, -0.15) is 4.98 Å². The van der Waals surface area contributed by atoms with Crippen LogP contribution in [0.3, 0.4) is 0 Å². The Morgan fingerprint density at radius 3 is 2.88 bits per heavy atom. The fourth-order valence-corrected chi connectivity index (χ4v) is 3.00. The highest BCUT2D eigenvalue weighted by atomic mass is 16.5. The summed E-state index contributed by atoms with van der Waals surface area (Å²) in [5.74, 6) is 2.00. The van der Waals surface area contributed by atoms with Gasteiger partial charge in [0.25, 0.3) is 11.8 Å². The number of hydrogen-bond donors (Lipinski definition) is 0. The van der Waals surface area contributed by atoms with Crippen molar-refractivity contribution >= 4 is 5.91 Å². The second kappa shape index (κ2) is 5.63. The van der Waals surface area contributed by atoms with Crippen LogP contribution < -0.4 is 0 Å². The third kappa shape index (κ3) is 2.40. The minimum absolute atomic E-state index is 0.0434. The summed E-state index contributed by atoms with van der Waals surface area (Å²) in [5.41, 5.74) is 1.15. The lowest BCUT2D eigenvalue weighted by molar-refractivity contribution is 0.0788. The van der Waals surface area contributed by atoms with Gasteiger partial charge in [-0.05, 0) is 32.4 Å². The van der Waals surface area contributed by atoms with Crippen molar-refractivity contribution in [1.29, 1.82) is 0 Å². The Balaban J connectivity index is 1.50. The summed E-state index contributed by atoms with van der Waals surface area (Å²) in [7, 11) is 0. The molecule has 3 aromatic heterocycles. The van der Waals surface area contributed by atoms with Crippen molar-refractivity contribution in [1.82, 2.24) is 20.2 Å². The number of carbonyl (C=O) groups is 1. The van der Waals surface area contributed by atoms with E-state index in [9.17, 15) is 4.79 Å². The van der Waals surface area contributed by atoms with Crippen molar-refractivity contribution in [2.45, 2.75) is 26.2 Å². The monoisotopic (exact) mass is 328 g/mol. The molecule has 1 atom stereocenters. The minimum atomic E-state index is -0.0662. The van der Waals surface area contributed by atoms with Gasteiger partial charge in [0, 0.05) is 19.0 Å². The smallest absolute Gasteiger partial charge is 0.293 e. The maximum Gasteiger partial charge on any atom is 0.293 e. The first-order chi connectivity index (χ1) is 11.6. The molecule has 1 unspecified atom stereocenters. The molecule has 0 aromatic carbocycles. The number of carbonyl (C=O) groups excluding carboxylic acids is 1. The quantitative estimate of drug-likeness (QED) is 0.728. The van der Waals surface area contributed by atoms with Gasteiger partial charge in [0.1, 0.15) is 11.3 Å². The molecule has 1 fully saturated rings. The van der Waals surface area contributed by atoms with Crippen molar-refractivity contribution in [3.63, 3.8) is 0 Å². The van der Waals surface area contributed by atoms with Gasteiger partial charge in [-0.1, -0.05) is 10.3 Å². The Kier molecular flexibility index (Phi) is 3.44. The molecule has 0 radical (unpaired) electrons. The number of nitrogens with zero attached hydrogens (tertiary/aromatic N) is 4. The lowest BCUT2D eigenvalue weighted by atomic mass is 10.1. The Bertz CT molecular complexity index is 845. The largest absolute Gasteiger partial charge is 0.459 e. The molecular formula is C16H16N4O4. The molecule has 1 amide bonds. The molecule has 0 bridgehead atoms. The number of aryl methyl sites for hydroxylation is 2. The van der Waals surface area contributed by atoms with Crippen LogP contribution in [0, 0.1) is 13.8 Å². The molecule has 8 nitrogen and oxygen atoms in total. The lowest BCUT2D eigenvalue weighted by Gasteiger charge is -2.15. The average molecular weight is 328 g/mol. The fourth-order valence-electron chi connectivity index (χ4n) is 3.00. The number of likely N-dealkylation sites (tertiary alicyclic amines) is 1. The van der Waals surface area contributed by atoms with E-state index in [0.717, 1.165) is 6.42 Å². The van der Waals surface area contributed by atoms with E-state index in [1.807, 2.05) is 0 Å². The van der Waals surface area contributed by atoms with Gasteiger partial charge < -0.3 is 18.4 Å². The highest BCUT2D eigenvalue weighted by Crippen LogP contribution is 2.29. The molecule has 1 saturated heterocycles. The molecular weight excluding hydrogens is 312 g/mol. The van der Waals surface area contributed by atoms with Crippen LogP contribution in [0.25, 0.3) is 11.7 Å². The van der Waals surface area contributed by atoms with Crippen LogP contribution in [0.1, 0.15) is 40.0 Å². The number of hydrogen-bond acceptors (Lipinski definition) is 7. The van der Waals surface area contributed by atoms with Crippen molar-refractivity contribution in [2.24, 2.45) is 0 Å². The van der Waals surface area contributed by atoms with Gasteiger partial charge in [-0.3, -0.25) is 4.79 Å². The van der Waals surface area contributed by atoms with Gasteiger partial charge in [0.15, 0.2) is 11.6 Å². The summed E-state index contributed by atoms with van der Waals surface area (Å²) in [5, 5.41) is 7.88. The third-order valence-electron chi connectivity index (χ3n) is 4.26. The normalized spacial score (nSPS) is 17.6. The summed E-state index contributed by atoms with van der Waals surface area (Å²) in [6.45, 7) is 4.69. The van der Waals surface area contributed by atoms with E-state index in [1.165, 1.54) is 0 Å². The van der Waals surface area contributed by atoms with E-state index in [4.69, 9.17) is 13.5 Å². The number of aromatic nitrogens is 3. The van der Waals surface area contributed by atoms with Crippen molar-refractivity contribution < 1.29 is 18.3 Å². The van der Waals surface area contributed by atoms with E-state index in [2.05, 4.69) is 15.3 Å². The summed E-state index contributed by atoms with van der Waals surface area (Å²) >= 11 is 0. The minimum Gasteiger partial charge on any atom is -0.459 e. The summed E-state index contributed by atoms with van der Waals surface area (Å²) in [6.07, 6.45) is 2.34. The Labute approximate surface area is 137 Å². The Morgan fingerprint density at radius 2 is 2.17 bits per heavy atom. The first-order valence-corrected chi connectivity index (χ1v) is 7.73. The standard InChI is InChI=1S/C16H16N4O4/c1-9-13(10(2)23-18-9)16(21)20-6-5-11(8-20)14-17-15(24-19-14)12-4-3-7-22-12/h3-4,7,11H,5-6,8H2,1-2H3. The van der Waals surface area contributed by atoms with Crippen LogP contribution in [0.2, 0.25) is 0 Å². The molecule has 0 aliphatic carbocycles. The molecule has 24 heavy (non-hydrogen) atoms. The first kappa shape index (κ1) is 14.7. The molecule has 8 heteroatoms. The Hall–Kier alpha value is -2.90. The molecule has 0 N–H and O–H groups in total. The van der Waals surface area contributed by atoms with Crippen LogP contribution in [0.5, 0.6) is 0 Å². The van der Waals surface area contributed by atoms with Crippen LogP contribution in [-0.4, -0.2) is 39.2 Å². The maximum absolute atomic E-state index is 12.7. The third-order valence-corrected chi connectivity index (χ3v) is 4.26. The predicted molar refractivity (Wildman–Crippen MR) is 81.2 cm³/mol. The van der Waals surface area contributed by atoms with Gasteiger partial charge in [-0.25, -0.2) is 0 Å². The van der Waals surface area contributed by atoms with Gasteiger partial charge in [0.2, 0.25) is 0 Å². The van der Waals surface area contributed by atoms with Crippen LogP contribution in [-0.2, 0) is 0 Å². The molecule has 1 aliphatic heterocycles. The van der Waals surface area contributed by atoms with Crippen LogP contribution in [0.15, 0.2) is 31.9 Å². The highest BCUT2D eigenvalue weighted by Gasteiger charge is 2.33. The Morgan fingerprint density at radius 1 is 1.29 bits per heavy atom. The van der Waals surface area contributed by atoms with Crippen molar-refractivity contribution in [3.8, 4) is 11.7 Å². The van der Waals surface area contributed by atoms with E-state index in [1.54, 1.807) is 37.1 Å². The maximum atomic E-state index is 12.7. The van der Waals surface area contributed by atoms with E-state index in [0.29, 0.717) is 47.6 Å². The second-order valence-electron chi connectivity index (χ2n) is 5.87. The van der Waals surface area contributed by atoms with E-state index < -0.39 is 0 Å². The fraction of sp³-hybridized carbons (Fsp3) is 0.375. The first-order valence-electron chi connectivity index (χ1n) is 7.73. The zero-order valence-corrected chi connectivity index (χ0v) is 13.4. The topological polar surface area (TPSA) is 98.4 Å². The molecule has 1 aliphatic rings. The van der Waals surface area contributed by atoms with Crippen LogP contribution in [0.4, 0.5) is 0 Å². The van der Waals surface area contributed by atoms with Gasteiger partial charge in [0.05, 0.1) is 12.0 Å². The number of furan rings is 1. The summed E-state index contributed by atoms with van der Waals surface area (Å²) in [6, 6.07) is 3.53. The summed E-state index contributed by atoms with van der Waals surface area (Å²) < 4.78 is 15.6. The van der Waals surface area contributed by atoms with Crippen LogP contribution >= 0.6 is 0 Å². The van der Waals surface area contributed by atoms with E-state index >= 15 is 0 Å². The average Bonchev–Trinajstić information content (AvgIpc) is 3.34. The van der Waals surface area contributed by atoms with Crippen molar-refractivity contribution in [3.05, 3.63) is 41.2 Å². The van der Waals surface area contributed by atoms with Gasteiger partial charge >= 0.3 is 0 Å². The molecule has 0 saturated carbocycles. The highest BCUT2D eigenvalue weighted by molar-refractivity contribution is 5.96. The van der Waals surface area contributed by atoms with E-state index in [-0.39, 0.29) is 11.8 Å².